The number of piperidine rings is 1. The molecular weight excluding hydrogens is 344 g/mol. The van der Waals surface area contributed by atoms with Crippen LogP contribution < -0.4 is 4.90 Å². The largest absolute Gasteiger partial charge is 0.440 e. The van der Waals surface area contributed by atoms with Gasteiger partial charge in [0.25, 0.3) is 0 Å². The first-order chi connectivity index (χ1) is 12.1. The minimum atomic E-state index is -0.390. The Morgan fingerprint density at radius 2 is 2.08 bits per heavy atom. The van der Waals surface area contributed by atoms with E-state index in [0.29, 0.717) is 29.8 Å². The van der Waals surface area contributed by atoms with Crippen LogP contribution in [-0.4, -0.2) is 28.0 Å². The highest BCUT2D eigenvalue weighted by molar-refractivity contribution is 6.31. The highest BCUT2D eigenvalue weighted by Crippen LogP contribution is 2.34. The van der Waals surface area contributed by atoms with E-state index in [-0.39, 0.29) is 16.5 Å². The standard InChI is InChI=1S/C17H15ClN4O3/c18-12-3-4-15-13(10-12)20-17(25-15)11-5-8-21(9-6-11)16-14(22(23)24)2-1-7-19-16/h1-4,7,10-11H,5-6,8-9H2. The van der Waals surface area contributed by atoms with Crippen molar-refractivity contribution in [3.63, 3.8) is 0 Å². The molecule has 0 aliphatic carbocycles. The summed E-state index contributed by atoms with van der Waals surface area (Å²) in [5, 5.41) is 11.8. The first kappa shape index (κ1) is 15.8. The van der Waals surface area contributed by atoms with E-state index in [4.69, 9.17) is 16.0 Å². The van der Waals surface area contributed by atoms with E-state index >= 15 is 0 Å². The maximum atomic E-state index is 11.2. The smallest absolute Gasteiger partial charge is 0.311 e. The van der Waals surface area contributed by atoms with Crippen LogP contribution in [0.3, 0.4) is 0 Å². The van der Waals surface area contributed by atoms with Crippen LogP contribution in [-0.2, 0) is 0 Å². The lowest BCUT2D eigenvalue weighted by Crippen LogP contribution is -2.34. The second-order valence-electron chi connectivity index (χ2n) is 6.03. The van der Waals surface area contributed by atoms with Crippen molar-refractivity contribution in [2.24, 2.45) is 0 Å². The number of benzene rings is 1. The van der Waals surface area contributed by atoms with Crippen LogP contribution in [0, 0.1) is 10.1 Å². The molecule has 25 heavy (non-hydrogen) atoms. The average Bonchev–Trinajstić information content (AvgIpc) is 3.05. The summed E-state index contributed by atoms with van der Waals surface area (Å²) in [7, 11) is 0. The Labute approximate surface area is 148 Å². The summed E-state index contributed by atoms with van der Waals surface area (Å²) in [5.41, 5.74) is 1.52. The predicted molar refractivity (Wildman–Crippen MR) is 94.1 cm³/mol. The molecule has 1 fully saturated rings. The number of fused-ring (bicyclic) bond motifs is 1. The van der Waals surface area contributed by atoms with Crippen LogP contribution in [0.1, 0.15) is 24.7 Å². The summed E-state index contributed by atoms with van der Waals surface area (Å²) >= 11 is 5.99. The molecule has 0 amide bonds. The molecule has 0 radical (unpaired) electrons. The van der Waals surface area contributed by atoms with E-state index < -0.39 is 0 Å². The van der Waals surface area contributed by atoms with E-state index in [0.717, 1.165) is 23.9 Å². The quantitative estimate of drug-likeness (QED) is 0.516. The fourth-order valence-corrected chi connectivity index (χ4v) is 3.37. The van der Waals surface area contributed by atoms with Gasteiger partial charge in [-0.3, -0.25) is 10.1 Å². The van der Waals surface area contributed by atoms with Crippen molar-refractivity contribution >= 4 is 34.2 Å². The Morgan fingerprint density at radius 3 is 2.84 bits per heavy atom. The number of anilines is 1. The Morgan fingerprint density at radius 1 is 1.28 bits per heavy atom. The van der Waals surface area contributed by atoms with Crippen molar-refractivity contribution in [3.05, 3.63) is 57.6 Å². The van der Waals surface area contributed by atoms with Crippen LogP contribution in [0.5, 0.6) is 0 Å². The second kappa shape index (κ2) is 6.33. The molecule has 0 bridgehead atoms. The van der Waals surface area contributed by atoms with Gasteiger partial charge in [0.1, 0.15) is 5.52 Å². The zero-order valence-corrected chi connectivity index (χ0v) is 14.0. The Kier molecular flexibility index (Phi) is 4.01. The van der Waals surface area contributed by atoms with Gasteiger partial charge in [-0.1, -0.05) is 11.6 Å². The fraction of sp³-hybridized carbons (Fsp3) is 0.294. The van der Waals surface area contributed by atoms with E-state index in [2.05, 4.69) is 9.97 Å². The van der Waals surface area contributed by atoms with E-state index in [9.17, 15) is 10.1 Å². The zero-order valence-electron chi connectivity index (χ0n) is 13.3. The van der Waals surface area contributed by atoms with Crippen LogP contribution in [0.25, 0.3) is 11.1 Å². The number of hydrogen-bond donors (Lipinski definition) is 0. The van der Waals surface area contributed by atoms with Gasteiger partial charge in [-0.15, -0.1) is 0 Å². The molecule has 2 aromatic heterocycles. The molecule has 3 heterocycles. The van der Waals surface area contributed by atoms with Crippen molar-refractivity contribution < 1.29 is 9.34 Å². The molecule has 0 saturated carbocycles. The van der Waals surface area contributed by atoms with Gasteiger partial charge in [0.2, 0.25) is 5.82 Å². The third-order valence-electron chi connectivity index (χ3n) is 4.47. The molecule has 3 aromatic rings. The maximum absolute atomic E-state index is 11.2. The SMILES string of the molecule is O=[N+]([O-])c1cccnc1N1CCC(c2nc3cc(Cl)ccc3o2)CC1. The number of pyridine rings is 1. The van der Waals surface area contributed by atoms with Gasteiger partial charge in [-0.05, 0) is 37.1 Å². The molecule has 128 valence electrons. The van der Waals surface area contributed by atoms with E-state index in [1.807, 2.05) is 11.0 Å². The van der Waals surface area contributed by atoms with Gasteiger partial charge in [0.15, 0.2) is 11.5 Å². The molecule has 0 unspecified atom stereocenters. The molecule has 7 nitrogen and oxygen atoms in total. The van der Waals surface area contributed by atoms with Gasteiger partial charge in [-0.2, -0.15) is 0 Å². The van der Waals surface area contributed by atoms with Gasteiger partial charge in [-0.25, -0.2) is 9.97 Å². The Balaban J connectivity index is 1.52. The zero-order chi connectivity index (χ0) is 17.4. The molecule has 0 atom stereocenters. The highest BCUT2D eigenvalue weighted by atomic mass is 35.5. The molecular formula is C17H15ClN4O3. The number of nitro groups is 1. The van der Waals surface area contributed by atoms with Crippen LogP contribution >= 0.6 is 11.6 Å². The van der Waals surface area contributed by atoms with Gasteiger partial charge < -0.3 is 9.32 Å². The molecule has 1 aromatic carbocycles. The molecule has 1 aliphatic heterocycles. The van der Waals surface area contributed by atoms with E-state index in [1.54, 1.807) is 24.4 Å². The Hall–Kier alpha value is -2.67. The number of nitrogens with zero attached hydrogens (tertiary/aromatic N) is 4. The van der Waals surface area contributed by atoms with Crippen molar-refractivity contribution in [2.45, 2.75) is 18.8 Å². The molecule has 4 rings (SSSR count). The fourth-order valence-electron chi connectivity index (χ4n) is 3.21. The van der Waals surface area contributed by atoms with Crippen LogP contribution in [0.15, 0.2) is 40.9 Å². The Bertz CT molecular complexity index is 935. The van der Waals surface area contributed by atoms with E-state index in [1.165, 1.54) is 6.07 Å². The third kappa shape index (κ3) is 3.02. The van der Waals surface area contributed by atoms with Crippen LogP contribution in [0.4, 0.5) is 11.5 Å². The van der Waals surface area contributed by atoms with Gasteiger partial charge in [0, 0.05) is 36.3 Å². The minimum absolute atomic E-state index is 0.0393. The first-order valence-corrected chi connectivity index (χ1v) is 8.40. The second-order valence-corrected chi connectivity index (χ2v) is 6.47. The summed E-state index contributed by atoms with van der Waals surface area (Å²) in [6.07, 6.45) is 3.18. The topological polar surface area (TPSA) is 85.3 Å². The first-order valence-electron chi connectivity index (χ1n) is 8.02. The number of oxazole rings is 1. The summed E-state index contributed by atoms with van der Waals surface area (Å²) in [5.74, 6) is 1.31. The predicted octanol–water partition coefficient (Wildman–Crippen LogP) is 4.17. The third-order valence-corrected chi connectivity index (χ3v) is 4.71. The normalized spacial score (nSPS) is 15.6. The lowest BCUT2D eigenvalue weighted by atomic mass is 9.96. The minimum Gasteiger partial charge on any atom is -0.440 e. The van der Waals surface area contributed by atoms with Crippen molar-refractivity contribution in [3.8, 4) is 0 Å². The van der Waals surface area contributed by atoms with Gasteiger partial charge in [0.05, 0.1) is 4.92 Å². The summed E-state index contributed by atoms with van der Waals surface area (Å²) in [6.45, 7) is 1.34. The van der Waals surface area contributed by atoms with Crippen molar-refractivity contribution in [1.29, 1.82) is 0 Å². The molecule has 1 aliphatic rings. The summed E-state index contributed by atoms with van der Waals surface area (Å²) in [4.78, 5) is 21.5. The molecule has 0 N–H and O–H groups in total. The molecule has 8 heteroatoms. The lowest BCUT2D eigenvalue weighted by Gasteiger charge is -2.31. The molecule has 1 saturated heterocycles. The maximum Gasteiger partial charge on any atom is 0.311 e. The highest BCUT2D eigenvalue weighted by Gasteiger charge is 2.28. The lowest BCUT2D eigenvalue weighted by molar-refractivity contribution is -0.384. The number of halogens is 1. The van der Waals surface area contributed by atoms with Gasteiger partial charge >= 0.3 is 5.69 Å². The number of aromatic nitrogens is 2. The van der Waals surface area contributed by atoms with Crippen LogP contribution in [0.2, 0.25) is 5.02 Å². The van der Waals surface area contributed by atoms with Crippen molar-refractivity contribution in [2.75, 3.05) is 18.0 Å². The monoisotopic (exact) mass is 358 g/mol. The average molecular weight is 359 g/mol. The summed E-state index contributed by atoms with van der Waals surface area (Å²) in [6, 6.07) is 8.45. The van der Waals surface area contributed by atoms with Crippen molar-refractivity contribution in [1.82, 2.24) is 9.97 Å². The number of hydrogen-bond acceptors (Lipinski definition) is 6. The summed E-state index contributed by atoms with van der Waals surface area (Å²) < 4.78 is 5.85. The number of rotatable bonds is 3. The molecule has 0 spiro atoms.